The van der Waals surface area contributed by atoms with Crippen molar-refractivity contribution in [2.45, 2.75) is 48.0 Å². The smallest absolute Gasteiger partial charge is 0.313 e. The minimum Gasteiger partial charge on any atom is -0.465 e. The maximum absolute atomic E-state index is 12.3. The molecule has 0 amide bonds. The predicted molar refractivity (Wildman–Crippen MR) is 81.6 cm³/mol. The second-order valence-corrected chi connectivity index (χ2v) is 6.80. The highest BCUT2D eigenvalue weighted by Crippen LogP contribution is 2.38. The van der Waals surface area contributed by atoms with Gasteiger partial charge in [0.25, 0.3) is 0 Å². The van der Waals surface area contributed by atoms with Gasteiger partial charge in [0.2, 0.25) is 0 Å². The first-order chi connectivity index (χ1) is 9.73. The van der Waals surface area contributed by atoms with Crippen LogP contribution in [-0.2, 0) is 19.1 Å². The molecule has 4 nitrogen and oxygen atoms in total. The SMILES string of the molecule is CC1=C(C)C(C(=O)OCC(C)C)C(C(=O)OCC(C)C)C1. The second-order valence-electron chi connectivity index (χ2n) is 6.80. The molecule has 0 aromatic rings. The Balaban J connectivity index is 2.75. The van der Waals surface area contributed by atoms with Crippen LogP contribution in [0.25, 0.3) is 0 Å². The highest BCUT2D eigenvalue weighted by atomic mass is 16.5. The van der Waals surface area contributed by atoms with Gasteiger partial charge in [0.15, 0.2) is 0 Å². The molecule has 0 bridgehead atoms. The lowest BCUT2D eigenvalue weighted by molar-refractivity contribution is -0.159. The number of hydrogen-bond donors (Lipinski definition) is 0. The minimum absolute atomic E-state index is 0.284. The van der Waals surface area contributed by atoms with Crippen LogP contribution in [0.15, 0.2) is 11.1 Å². The molecule has 2 atom stereocenters. The predicted octanol–water partition coefficient (Wildman–Crippen LogP) is 3.36. The maximum Gasteiger partial charge on any atom is 0.313 e. The van der Waals surface area contributed by atoms with Crippen LogP contribution in [0.3, 0.4) is 0 Å². The van der Waals surface area contributed by atoms with E-state index in [0.717, 1.165) is 11.1 Å². The fourth-order valence-corrected chi connectivity index (χ4v) is 2.43. The van der Waals surface area contributed by atoms with Crippen molar-refractivity contribution >= 4 is 11.9 Å². The normalized spacial score (nSPS) is 22.1. The molecular formula is C17H28O4. The second kappa shape index (κ2) is 7.62. The fraction of sp³-hybridized carbons (Fsp3) is 0.765. The molecule has 0 N–H and O–H groups in total. The van der Waals surface area contributed by atoms with Crippen LogP contribution >= 0.6 is 0 Å². The monoisotopic (exact) mass is 296 g/mol. The van der Waals surface area contributed by atoms with Crippen molar-refractivity contribution in [2.75, 3.05) is 13.2 Å². The maximum atomic E-state index is 12.3. The van der Waals surface area contributed by atoms with Crippen LogP contribution in [-0.4, -0.2) is 25.2 Å². The third kappa shape index (κ3) is 4.87. The zero-order chi connectivity index (χ0) is 16.2. The minimum atomic E-state index is -0.483. The first kappa shape index (κ1) is 17.7. The third-order valence-corrected chi connectivity index (χ3v) is 3.74. The molecule has 21 heavy (non-hydrogen) atoms. The first-order valence-electron chi connectivity index (χ1n) is 7.73. The summed E-state index contributed by atoms with van der Waals surface area (Å²) in [5, 5.41) is 0. The standard InChI is InChI=1S/C17H28O4/c1-10(2)8-20-16(18)14-7-12(5)13(6)15(14)17(19)21-9-11(3)4/h10-11,14-15H,7-9H2,1-6H3. The fourth-order valence-electron chi connectivity index (χ4n) is 2.43. The molecule has 0 aliphatic heterocycles. The van der Waals surface area contributed by atoms with Gasteiger partial charge >= 0.3 is 11.9 Å². The van der Waals surface area contributed by atoms with Gasteiger partial charge in [-0.3, -0.25) is 9.59 Å². The van der Waals surface area contributed by atoms with E-state index < -0.39 is 11.8 Å². The summed E-state index contributed by atoms with van der Waals surface area (Å²) in [4.78, 5) is 24.5. The zero-order valence-electron chi connectivity index (χ0n) is 14.1. The lowest BCUT2D eigenvalue weighted by atomic mass is 9.91. The Hall–Kier alpha value is -1.32. The van der Waals surface area contributed by atoms with Gasteiger partial charge in [0.05, 0.1) is 25.0 Å². The number of ether oxygens (including phenoxy) is 2. The molecule has 0 aromatic carbocycles. The Morgan fingerprint density at radius 2 is 1.48 bits per heavy atom. The topological polar surface area (TPSA) is 52.6 Å². The molecule has 0 spiro atoms. The van der Waals surface area contributed by atoms with Gasteiger partial charge in [0.1, 0.15) is 0 Å². The number of carbonyl (C=O) groups excluding carboxylic acids is 2. The summed E-state index contributed by atoms with van der Waals surface area (Å²) in [5.41, 5.74) is 2.04. The molecule has 1 aliphatic rings. The summed E-state index contributed by atoms with van der Waals surface area (Å²) in [6, 6.07) is 0. The van der Waals surface area contributed by atoms with E-state index in [0.29, 0.717) is 19.6 Å². The third-order valence-electron chi connectivity index (χ3n) is 3.74. The van der Waals surface area contributed by atoms with Crippen molar-refractivity contribution in [1.29, 1.82) is 0 Å². The Kier molecular flexibility index (Phi) is 6.43. The summed E-state index contributed by atoms with van der Waals surface area (Å²) >= 11 is 0. The molecule has 2 unspecified atom stereocenters. The van der Waals surface area contributed by atoms with Crippen LogP contribution in [0.1, 0.15) is 48.0 Å². The van der Waals surface area contributed by atoms with E-state index in [1.54, 1.807) is 0 Å². The van der Waals surface area contributed by atoms with Crippen molar-refractivity contribution in [3.63, 3.8) is 0 Å². The van der Waals surface area contributed by atoms with E-state index in [1.807, 2.05) is 41.5 Å². The Morgan fingerprint density at radius 3 is 1.95 bits per heavy atom. The number of carbonyl (C=O) groups is 2. The van der Waals surface area contributed by atoms with Crippen molar-refractivity contribution in [2.24, 2.45) is 23.7 Å². The Bertz CT molecular complexity index is 421. The summed E-state index contributed by atoms with van der Waals surface area (Å²) in [6.45, 7) is 12.6. The molecule has 1 rings (SSSR count). The molecular weight excluding hydrogens is 268 g/mol. The average Bonchev–Trinajstić information content (AvgIpc) is 2.69. The van der Waals surface area contributed by atoms with Crippen LogP contribution in [0, 0.1) is 23.7 Å². The van der Waals surface area contributed by atoms with Gasteiger partial charge in [-0.2, -0.15) is 0 Å². The molecule has 0 heterocycles. The van der Waals surface area contributed by atoms with E-state index in [9.17, 15) is 9.59 Å². The van der Waals surface area contributed by atoms with E-state index in [2.05, 4.69) is 0 Å². The van der Waals surface area contributed by atoms with Crippen molar-refractivity contribution in [1.82, 2.24) is 0 Å². The van der Waals surface area contributed by atoms with Gasteiger partial charge < -0.3 is 9.47 Å². The van der Waals surface area contributed by atoms with Crippen LogP contribution < -0.4 is 0 Å². The van der Waals surface area contributed by atoms with Gasteiger partial charge in [-0.25, -0.2) is 0 Å². The molecule has 1 aliphatic carbocycles. The number of allylic oxidation sites excluding steroid dienone is 1. The highest BCUT2D eigenvalue weighted by Gasteiger charge is 2.42. The molecule has 120 valence electrons. The highest BCUT2D eigenvalue weighted by molar-refractivity contribution is 5.86. The van der Waals surface area contributed by atoms with E-state index in [-0.39, 0.29) is 23.8 Å². The molecule has 0 fully saturated rings. The van der Waals surface area contributed by atoms with Crippen molar-refractivity contribution < 1.29 is 19.1 Å². The summed E-state index contributed by atoms with van der Waals surface area (Å²) in [5.74, 6) is -0.924. The summed E-state index contributed by atoms with van der Waals surface area (Å²) < 4.78 is 10.6. The largest absolute Gasteiger partial charge is 0.465 e. The average molecular weight is 296 g/mol. The number of hydrogen-bond acceptors (Lipinski definition) is 4. The zero-order valence-corrected chi connectivity index (χ0v) is 14.1. The summed E-state index contributed by atoms with van der Waals surface area (Å²) in [7, 11) is 0. The lowest BCUT2D eigenvalue weighted by Crippen LogP contribution is -2.31. The number of rotatable bonds is 6. The van der Waals surface area contributed by atoms with E-state index >= 15 is 0 Å². The summed E-state index contributed by atoms with van der Waals surface area (Å²) in [6.07, 6.45) is 0.588. The Morgan fingerprint density at radius 1 is 1.00 bits per heavy atom. The van der Waals surface area contributed by atoms with Gasteiger partial charge in [-0.1, -0.05) is 38.8 Å². The van der Waals surface area contributed by atoms with E-state index in [4.69, 9.17) is 9.47 Å². The molecule has 0 saturated carbocycles. The van der Waals surface area contributed by atoms with Crippen molar-refractivity contribution in [3.8, 4) is 0 Å². The van der Waals surface area contributed by atoms with Crippen LogP contribution in [0.2, 0.25) is 0 Å². The van der Waals surface area contributed by atoms with Crippen LogP contribution in [0.4, 0.5) is 0 Å². The van der Waals surface area contributed by atoms with E-state index in [1.165, 1.54) is 0 Å². The lowest BCUT2D eigenvalue weighted by Gasteiger charge is -2.20. The molecule has 4 heteroatoms. The van der Waals surface area contributed by atoms with Gasteiger partial charge in [-0.05, 0) is 32.1 Å². The molecule has 0 saturated heterocycles. The first-order valence-corrected chi connectivity index (χ1v) is 7.73. The molecule has 0 radical (unpaired) electrons. The van der Waals surface area contributed by atoms with Gasteiger partial charge in [-0.15, -0.1) is 0 Å². The number of esters is 2. The molecule has 0 aromatic heterocycles. The Labute approximate surface area is 127 Å². The van der Waals surface area contributed by atoms with Crippen molar-refractivity contribution in [3.05, 3.63) is 11.1 Å². The van der Waals surface area contributed by atoms with Crippen LogP contribution in [0.5, 0.6) is 0 Å². The van der Waals surface area contributed by atoms with Gasteiger partial charge in [0, 0.05) is 0 Å². The quantitative estimate of drug-likeness (QED) is 0.557.